The third kappa shape index (κ3) is 6.09. The van der Waals surface area contributed by atoms with Gasteiger partial charge in [-0.05, 0) is 45.2 Å². The molecule has 0 radical (unpaired) electrons. The Balaban J connectivity index is 2.88. The number of anilines is 1. The van der Waals surface area contributed by atoms with Gasteiger partial charge in [-0.15, -0.1) is 0 Å². The summed E-state index contributed by atoms with van der Waals surface area (Å²) in [5.41, 5.74) is 2.95. The average molecular weight is 290 g/mol. The van der Waals surface area contributed by atoms with Crippen molar-refractivity contribution in [2.24, 2.45) is 5.92 Å². The Morgan fingerprint density at radius 2 is 1.67 bits per heavy atom. The molecule has 0 aliphatic heterocycles. The van der Waals surface area contributed by atoms with E-state index in [2.05, 4.69) is 76.0 Å². The maximum absolute atomic E-state index is 3.61. The molecule has 0 saturated heterocycles. The maximum Gasteiger partial charge on any atom is 0.0411 e. The monoisotopic (exact) mass is 290 g/mol. The number of rotatable bonds is 8. The average Bonchev–Trinajstić information content (AvgIpc) is 2.46. The largest absolute Gasteiger partial charge is 0.371 e. The number of benzene rings is 1. The zero-order valence-electron chi connectivity index (χ0n) is 14.9. The summed E-state index contributed by atoms with van der Waals surface area (Å²) in [7, 11) is 0. The van der Waals surface area contributed by atoms with Gasteiger partial charge in [0.1, 0.15) is 0 Å². The van der Waals surface area contributed by atoms with Crippen LogP contribution in [0.2, 0.25) is 0 Å². The Morgan fingerprint density at radius 1 is 1.05 bits per heavy atom. The summed E-state index contributed by atoms with van der Waals surface area (Å²) in [4.78, 5) is 2.54. The molecule has 0 heterocycles. The molecule has 2 nitrogen and oxygen atoms in total. The van der Waals surface area contributed by atoms with Crippen molar-refractivity contribution < 1.29 is 0 Å². The van der Waals surface area contributed by atoms with Crippen LogP contribution in [-0.4, -0.2) is 18.6 Å². The molecule has 0 spiro atoms. The van der Waals surface area contributed by atoms with Crippen LogP contribution in [0.25, 0.3) is 0 Å². The van der Waals surface area contributed by atoms with E-state index in [1.165, 1.54) is 24.1 Å². The molecule has 0 fully saturated rings. The SMILES string of the molecule is CCC(CC)CN(CC)c1ccccc1CNC(C)(C)C. The summed E-state index contributed by atoms with van der Waals surface area (Å²) in [5, 5.41) is 3.61. The molecule has 0 atom stereocenters. The maximum atomic E-state index is 3.61. The van der Waals surface area contributed by atoms with E-state index in [0.29, 0.717) is 0 Å². The number of hydrogen-bond acceptors (Lipinski definition) is 2. The van der Waals surface area contributed by atoms with E-state index in [1.807, 2.05) is 0 Å². The molecule has 120 valence electrons. The Hall–Kier alpha value is -1.02. The highest BCUT2D eigenvalue weighted by atomic mass is 15.1. The quantitative estimate of drug-likeness (QED) is 0.737. The van der Waals surface area contributed by atoms with Crippen molar-refractivity contribution in [3.8, 4) is 0 Å². The van der Waals surface area contributed by atoms with Crippen molar-refractivity contribution >= 4 is 5.69 Å². The Morgan fingerprint density at radius 3 is 2.19 bits per heavy atom. The summed E-state index contributed by atoms with van der Waals surface area (Å²) >= 11 is 0. The van der Waals surface area contributed by atoms with E-state index >= 15 is 0 Å². The third-order valence-corrected chi connectivity index (χ3v) is 4.16. The number of para-hydroxylation sites is 1. The van der Waals surface area contributed by atoms with Crippen LogP contribution in [0.15, 0.2) is 24.3 Å². The molecule has 0 bridgehead atoms. The van der Waals surface area contributed by atoms with E-state index < -0.39 is 0 Å². The highest BCUT2D eigenvalue weighted by Crippen LogP contribution is 2.23. The molecule has 21 heavy (non-hydrogen) atoms. The van der Waals surface area contributed by atoms with Crippen molar-refractivity contribution in [2.75, 3.05) is 18.0 Å². The van der Waals surface area contributed by atoms with Gasteiger partial charge in [-0.25, -0.2) is 0 Å². The standard InChI is InChI=1S/C19H34N2/c1-7-16(8-2)15-21(9-3)18-13-11-10-12-17(18)14-20-19(4,5)6/h10-13,16,20H,7-9,14-15H2,1-6H3. The van der Waals surface area contributed by atoms with E-state index in [1.54, 1.807) is 0 Å². The minimum absolute atomic E-state index is 0.152. The summed E-state index contributed by atoms with van der Waals surface area (Å²) in [5.74, 6) is 0.786. The highest BCUT2D eigenvalue weighted by Gasteiger charge is 2.15. The first-order valence-corrected chi connectivity index (χ1v) is 8.49. The van der Waals surface area contributed by atoms with Gasteiger partial charge in [0.05, 0.1) is 0 Å². The first-order valence-electron chi connectivity index (χ1n) is 8.49. The van der Waals surface area contributed by atoms with Crippen molar-refractivity contribution in [3.05, 3.63) is 29.8 Å². The molecule has 1 aromatic rings. The van der Waals surface area contributed by atoms with E-state index in [4.69, 9.17) is 0 Å². The van der Waals surface area contributed by atoms with Gasteiger partial charge in [-0.2, -0.15) is 0 Å². The third-order valence-electron chi connectivity index (χ3n) is 4.16. The van der Waals surface area contributed by atoms with Crippen LogP contribution in [0.4, 0.5) is 5.69 Å². The second-order valence-corrected chi connectivity index (χ2v) is 6.95. The van der Waals surface area contributed by atoms with Crippen LogP contribution in [0.3, 0.4) is 0 Å². The molecule has 0 saturated carbocycles. The van der Waals surface area contributed by atoms with Gasteiger partial charge in [-0.3, -0.25) is 0 Å². The van der Waals surface area contributed by atoms with Gasteiger partial charge >= 0.3 is 0 Å². The van der Waals surface area contributed by atoms with Crippen molar-refractivity contribution in [2.45, 2.75) is 66.5 Å². The first-order chi connectivity index (χ1) is 9.91. The number of hydrogen-bond donors (Lipinski definition) is 1. The summed E-state index contributed by atoms with van der Waals surface area (Å²) in [6.07, 6.45) is 2.52. The van der Waals surface area contributed by atoms with Crippen LogP contribution in [-0.2, 0) is 6.54 Å². The van der Waals surface area contributed by atoms with Crippen molar-refractivity contribution in [1.82, 2.24) is 5.32 Å². The minimum Gasteiger partial charge on any atom is -0.371 e. The van der Waals surface area contributed by atoms with Crippen molar-refractivity contribution in [3.63, 3.8) is 0 Å². The summed E-state index contributed by atoms with van der Waals surface area (Å²) in [6, 6.07) is 8.83. The van der Waals surface area contributed by atoms with E-state index in [0.717, 1.165) is 25.6 Å². The first kappa shape index (κ1) is 18.0. The van der Waals surface area contributed by atoms with Gasteiger partial charge in [-0.1, -0.05) is 44.9 Å². The van der Waals surface area contributed by atoms with Gasteiger partial charge in [0.25, 0.3) is 0 Å². The topological polar surface area (TPSA) is 15.3 Å². The lowest BCUT2D eigenvalue weighted by Gasteiger charge is -2.30. The molecule has 1 aromatic carbocycles. The molecule has 1 N–H and O–H groups in total. The molecule has 0 aliphatic rings. The number of nitrogens with one attached hydrogen (secondary N) is 1. The number of nitrogens with zero attached hydrogens (tertiary/aromatic N) is 1. The fourth-order valence-corrected chi connectivity index (χ4v) is 2.59. The highest BCUT2D eigenvalue weighted by molar-refractivity contribution is 5.53. The molecular weight excluding hydrogens is 256 g/mol. The Kier molecular flexibility index (Phi) is 7.24. The molecule has 0 amide bonds. The van der Waals surface area contributed by atoms with Gasteiger partial charge in [0.15, 0.2) is 0 Å². The molecule has 1 rings (SSSR count). The minimum atomic E-state index is 0.152. The predicted octanol–water partition coefficient (Wildman–Crippen LogP) is 4.84. The molecular formula is C19H34N2. The lowest BCUT2D eigenvalue weighted by molar-refractivity contribution is 0.423. The van der Waals surface area contributed by atoms with Gasteiger partial charge in [0, 0.05) is 30.9 Å². The zero-order valence-corrected chi connectivity index (χ0v) is 14.9. The van der Waals surface area contributed by atoms with Gasteiger partial charge < -0.3 is 10.2 Å². The molecule has 2 heteroatoms. The molecule has 0 unspecified atom stereocenters. The molecule has 0 aliphatic carbocycles. The Bertz CT molecular complexity index is 402. The summed E-state index contributed by atoms with van der Waals surface area (Å²) in [6.45, 7) is 16.7. The van der Waals surface area contributed by atoms with Crippen LogP contribution < -0.4 is 10.2 Å². The second-order valence-electron chi connectivity index (χ2n) is 6.95. The zero-order chi connectivity index (χ0) is 15.9. The Labute approximate surface area is 131 Å². The summed E-state index contributed by atoms with van der Waals surface area (Å²) < 4.78 is 0. The van der Waals surface area contributed by atoms with Gasteiger partial charge in [0.2, 0.25) is 0 Å². The van der Waals surface area contributed by atoms with Crippen LogP contribution in [0, 0.1) is 5.92 Å². The van der Waals surface area contributed by atoms with Crippen molar-refractivity contribution in [1.29, 1.82) is 0 Å². The van der Waals surface area contributed by atoms with Crippen LogP contribution in [0.1, 0.15) is 59.9 Å². The second kappa shape index (κ2) is 8.43. The lowest BCUT2D eigenvalue weighted by Crippen LogP contribution is -2.36. The predicted molar refractivity (Wildman–Crippen MR) is 95.0 cm³/mol. The lowest BCUT2D eigenvalue weighted by atomic mass is 10.0. The van der Waals surface area contributed by atoms with E-state index in [9.17, 15) is 0 Å². The van der Waals surface area contributed by atoms with Crippen LogP contribution >= 0.6 is 0 Å². The van der Waals surface area contributed by atoms with Crippen LogP contribution in [0.5, 0.6) is 0 Å². The van der Waals surface area contributed by atoms with E-state index in [-0.39, 0.29) is 5.54 Å². The normalized spacial score (nSPS) is 12.0. The molecule has 0 aromatic heterocycles. The fraction of sp³-hybridized carbons (Fsp3) is 0.684. The smallest absolute Gasteiger partial charge is 0.0411 e. The fourth-order valence-electron chi connectivity index (χ4n) is 2.59.